The third-order valence-electron chi connectivity index (χ3n) is 4.04. The van der Waals surface area contributed by atoms with Crippen molar-refractivity contribution in [3.05, 3.63) is 77.7 Å². The summed E-state index contributed by atoms with van der Waals surface area (Å²) >= 11 is 0. The smallest absolute Gasteiger partial charge is 0.274 e. The SMILES string of the molecule is COc1ccccc1CCNc1cc(C(=O)Nc2cccc(C#N)c2)ncn1. The van der Waals surface area contributed by atoms with Gasteiger partial charge < -0.3 is 15.4 Å². The lowest BCUT2D eigenvalue weighted by molar-refractivity contribution is 0.102. The molecule has 0 fully saturated rings. The molecule has 7 nitrogen and oxygen atoms in total. The van der Waals surface area contributed by atoms with Gasteiger partial charge in [0.05, 0.1) is 18.7 Å². The van der Waals surface area contributed by atoms with Gasteiger partial charge in [0, 0.05) is 18.3 Å². The first-order valence-electron chi connectivity index (χ1n) is 8.69. The summed E-state index contributed by atoms with van der Waals surface area (Å²) in [5.41, 5.74) is 2.33. The minimum absolute atomic E-state index is 0.233. The van der Waals surface area contributed by atoms with Gasteiger partial charge in [-0.15, -0.1) is 0 Å². The molecule has 1 aromatic heterocycles. The van der Waals surface area contributed by atoms with E-state index < -0.39 is 0 Å². The Hall–Kier alpha value is -3.92. The quantitative estimate of drug-likeness (QED) is 0.659. The van der Waals surface area contributed by atoms with Gasteiger partial charge in [0.25, 0.3) is 5.91 Å². The van der Waals surface area contributed by atoms with Crippen molar-refractivity contribution in [2.75, 3.05) is 24.3 Å². The van der Waals surface area contributed by atoms with Gasteiger partial charge >= 0.3 is 0 Å². The number of nitrogens with one attached hydrogen (secondary N) is 2. The molecule has 28 heavy (non-hydrogen) atoms. The van der Waals surface area contributed by atoms with E-state index >= 15 is 0 Å². The van der Waals surface area contributed by atoms with E-state index in [9.17, 15) is 4.79 Å². The summed E-state index contributed by atoms with van der Waals surface area (Å²) in [6, 6.07) is 18.1. The Morgan fingerprint density at radius 2 is 2.00 bits per heavy atom. The number of ether oxygens (including phenoxy) is 1. The molecule has 0 aliphatic rings. The third kappa shape index (κ3) is 4.83. The number of carbonyl (C=O) groups excluding carboxylic acids is 1. The van der Waals surface area contributed by atoms with Gasteiger partial charge in [-0.1, -0.05) is 24.3 Å². The summed E-state index contributed by atoms with van der Waals surface area (Å²) in [5, 5.41) is 14.9. The van der Waals surface area contributed by atoms with Crippen LogP contribution < -0.4 is 15.4 Å². The molecule has 2 N–H and O–H groups in total. The van der Waals surface area contributed by atoms with Crippen molar-refractivity contribution in [3.63, 3.8) is 0 Å². The van der Waals surface area contributed by atoms with Crippen LogP contribution in [0.1, 0.15) is 21.6 Å². The molecule has 3 rings (SSSR count). The molecular weight excluding hydrogens is 354 g/mol. The Labute approximate surface area is 163 Å². The monoisotopic (exact) mass is 373 g/mol. The molecule has 2 aromatic carbocycles. The van der Waals surface area contributed by atoms with E-state index in [1.165, 1.54) is 6.33 Å². The first-order valence-corrected chi connectivity index (χ1v) is 8.69. The number of benzene rings is 2. The molecule has 0 atom stereocenters. The Morgan fingerprint density at radius 3 is 2.82 bits per heavy atom. The fourth-order valence-corrected chi connectivity index (χ4v) is 2.67. The lowest BCUT2D eigenvalue weighted by Crippen LogP contribution is -2.15. The van der Waals surface area contributed by atoms with Crippen LogP contribution >= 0.6 is 0 Å². The second-order valence-electron chi connectivity index (χ2n) is 5.92. The number of methoxy groups -OCH3 is 1. The number of hydrogen-bond donors (Lipinski definition) is 2. The minimum Gasteiger partial charge on any atom is -0.496 e. The average molecular weight is 373 g/mol. The first-order chi connectivity index (χ1) is 13.7. The van der Waals surface area contributed by atoms with E-state index in [1.54, 1.807) is 37.4 Å². The number of rotatable bonds is 7. The molecule has 0 saturated heterocycles. The predicted molar refractivity (Wildman–Crippen MR) is 106 cm³/mol. The largest absolute Gasteiger partial charge is 0.496 e. The number of anilines is 2. The molecule has 1 amide bonds. The maximum atomic E-state index is 12.4. The molecule has 0 aliphatic heterocycles. The van der Waals surface area contributed by atoms with Gasteiger partial charge in [-0.2, -0.15) is 5.26 Å². The molecule has 3 aromatic rings. The standard InChI is InChI=1S/C21H19N5O2/c1-28-19-8-3-2-6-16(19)9-10-23-20-12-18(24-14-25-20)21(27)26-17-7-4-5-15(11-17)13-22/h2-8,11-12,14H,9-10H2,1H3,(H,26,27)(H,23,24,25). The number of aromatic nitrogens is 2. The molecule has 0 unspecified atom stereocenters. The molecule has 0 bridgehead atoms. The van der Waals surface area contributed by atoms with Crippen molar-refractivity contribution in [1.29, 1.82) is 5.26 Å². The van der Waals surface area contributed by atoms with Gasteiger partial charge in [0.15, 0.2) is 0 Å². The van der Waals surface area contributed by atoms with Gasteiger partial charge in [-0.25, -0.2) is 9.97 Å². The van der Waals surface area contributed by atoms with Gasteiger partial charge in [0.1, 0.15) is 23.6 Å². The number of nitriles is 1. The van der Waals surface area contributed by atoms with E-state index in [2.05, 4.69) is 20.6 Å². The second kappa shape index (κ2) is 9.14. The summed E-state index contributed by atoms with van der Waals surface area (Å²) in [7, 11) is 1.65. The Morgan fingerprint density at radius 1 is 1.14 bits per heavy atom. The highest BCUT2D eigenvalue weighted by Gasteiger charge is 2.10. The number of amides is 1. The van der Waals surface area contributed by atoms with Crippen molar-refractivity contribution in [2.45, 2.75) is 6.42 Å². The highest BCUT2D eigenvalue weighted by atomic mass is 16.5. The van der Waals surface area contributed by atoms with E-state index in [-0.39, 0.29) is 11.6 Å². The van der Waals surface area contributed by atoms with Crippen LogP contribution in [-0.4, -0.2) is 29.5 Å². The highest BCUT2D eigenvalue weighted by molar-refractivity contribution is 6.03. The van der Waals surface area contributed by atoms with Crippen molar-refractivity contribution in [2.24, 2.45) is 0 Å². The van der Waals surface area contributed by atoms with Crippen molar-refractivity contribution < 1.29 is 9.53 Å². The van der Waals surface area contributed by atoms with E-state index in [0.29, 0.717) is 23.6 Å². The molecule has 7 heteroatoms. The summed E-state index contributed by atoms with van der Waals surface area (Å²) < 4.78 is 5.35. The summed E-state index contributed by atoms with van der Waals surface area (Å²) in [4.78, 5) is 20.6. The minimum atomic E-state index is -0.370. The van der Waals surface area contributed by atoms with Crippen LogP contribution in [0.2, 0.25) is 0 Å². The lowest BCUT2D eigenvalue weighted by atomic mass is 10.1. The van der Waals surface area contributed by atoms with Crippen molar-refractivity contribution in [3.8, 4) is 11.8 Å². The number of nitrogens with zero attached hydrogens (tertiary/aromatic N) is 3. The molecule has 0 saturated carbocycles. The Kier molecular flexibility index (Phi) is 6.16. The highest BCUT2D eigenvalue weighted by Crippen LogP contribution is 2.18. The lowest BCUT2D eigenvalue weighted by Gasteiger charge is -2.10. The fraction of sp³-hybridized carbons (Fsp3) is 0.143. The first kappa shape index (κ1) is 18.9. The maximum absolute atomic E-state index is 12.4. The fourth-order valence-electron chi connectivity index (χ4n) is 2.67. The van der Waals surface area contributed by atoms with Crippen LogP contribution in [-0.2, 0) is 6.42 Å². The molecule has 0 radical (unpaired) electrons. The van der Waals surface area contributed by atoms with Crippen LogP contribution in [0.25, 0.3) is 0 Å². The molecule has 0 spiro atoms. The zero-order valence-corrected chi connectivity index (χ0v) is 15.3. The average Bonchev–Trinajstić information content (AvgIpc) is 2.74. The molecule has 1 heterocycles. The molecule has 0 aliphatic carbocycles. The van der Waals surface area contributed by atoms with Gasteiger partial charge in [-0.3, -0.25) is 4.79 Å². The summed E-state index contributed by atoms with van der Waals surface area (Å²) in [5.74, 6) is 1.03. The van der Waals surface area contributed by atoms with E-state index in [0.717, 1.165) is 17.7 Å². The normalized spacial score (nSPS) is 10.0. The number of hydrogen-bond acceptors (Lipinski definition) is 6. The van der Waals surface area contributed by atoms with Gasteiger partial charge in [-0.05, 0) is 36.2 Å². The van der Waals surface area contributed by atoms with E-state index in [1.807, 2.05) is 30.3 Å². The zero-order chi connectivity index (χ0) is 19.8. The maximum Gasteiger partial charge on any atom is 0.274 e. The Balaban J connectivity index is 1.61. The summed E-state index contributed by atoms with van der Waals surface area (Å²) in [6.45, 7) is 0.628. The van der Waals surface area contributed by atoms with Crippen LogP contribution in [0.4, 0.5) is 11.5 Å². The molecular formula is C21H19N5O2. The predicted octanol–water partition coefficient (Wildman–Crippen LogP) is 3.26. The Bertz CT molecular complexity index is 1010. The van der Waals surface area contributed by atoms with Crippen LogP contribution in [0.3, 0.4) is 0 Å². The van der Waals surface area contributed by atoms with Crippen molar-refractivity contribution in [1.82, 2.24) is 9.97 Å². The number of carbonyl (C=O) groups is 1. The third-order valence-corrected chi connectivity index (χ3v) is 4.04. The topological polar surface area (TPSA) is 99.9 Å². The number of para-hydroxylation sites is 1. The van der Waals surface area contributed by atoms with Crippen molar-refractivity contribution >= 4 is 17.4 Å². The van der Waals surface area contributed by atoms with Crippen LogP contribution in [0, 0.1) is 11.3 Å². The second-order valence-corrected chi connectivity index (χ2v) is 5.92. The van der Waals surface area contributed by atoms with Gasteiger partial charge in [0.2, 0.25) is 0 Å². The summed E-state index contributed by atoms with van der Waals surface area (Å²) in [6.07, 6.45) is 2.09. The van der Waals surface area contributed by atoms with E-state index in [4.69, 9.17) is 10.00 Å². The van der Waals surface area contributed by atoms with Crippen LogP contribution in [0.15, 0.2) is 60.9 Å². The van der Waals surface area contributed by atoms with Crippen LogP contribution in [0.5, 0.6) is 5.75 Å². The molecule has 140 valence electrons. The zero-order valence-electron chi connectivity index (χ0n) is 15.3.